The molecule has 0 radical (unpaired) electrons. The predicted octanol–water partition coefficient (Wildman–Crippen LogP) is 1.44. The van der Waals surface area contributed by atoms with Gasteiger partial charge in [0.2, 0.25) is 0 Å². The van der Waals surface area contributed by atoms with E-state index in [4.69, 9.17) is 14.2 Å². The average molecular weight is 317 g/mol. The third kappa shape index (κ3) is 4.77. The molecule has 1 fully saturated rings. The van der Waals surface area contributed by atoms with Gasteiger partial charge in [0.15, 0.2) is 11.5 Å². The van der Waals surface area contributed by atoms with E-state index in [1.54, 1.807) is 25.3 Å². The smallest absolute Gasteiger partial charge is 0.254 e. The second-order valence-electron chi connectivity index (χ2n) is 4.35. The van der Waals surface area contributed by atoms with Crippen molar-refractivity contribution < 1.29 is 19.0 Å². The molecule has 0 aliphatic carbocycles. The third-order valence-corrected chi connectivity index (χ3v) is 2.95. The molecule has 1 aromatic carbocycles. The van der Waals surface area contributed by atoms with Crippen LogP contribution in [-0.2, 0) is 9.53 Å². The first-order valence-corrected chi connectivity index (χ1v) is 6.68. The molecule has 0 spiro atoms. The molecular formula is C14H21ClN2O4. The Hall–Kier alpha value is -1.50. The van der Waals surface area contributed by atoms with Crippen molar-refractivity contribution in [3.05, 3.63) is 18.2 Å². The first kappa shape index (κ1) is 17.6. The van der Waals surface area contributed by atoms with Crippen LogP contribution >= 0.6 is 12.4 Å². The molecule has 1 aliphatic rings. The van der Waals surface area contributed by atoms with Gasteiger partial charge in [-0.1, -0.05) is 0 Å². The van der Waals surface area contributed by atoms with Crippen LogP contribution in [0.1, 0.15) is 6.92 Å². The molecule has 1 amide bonds. The molecule has 6 nitrogen and oxygen atoms in total. The maximum atomic E-state index is 12.0. The van der Waals surface area contributed by atoms with E-state index in [2.05, 4.69) is 10.6 Å². The Morgan fingerprint density at radius 1 is 1.48 bits per heavy atom. The van der Waals surface area contributed by atoms with E-state index in [-0.39, 0.29) is 18.3 Å². The second-order valence-corrected chi connectivity index (χ2v) is 4.35. The molecule has 2 rings (SSSR count). The summed E-state index contributed by atoms with van der Waals surface area (Å²) in [6.07, 6.45) is -0.457. The van der Waals surface area contributed by atoms with Gasteiger partial charge in [-0.25, -0.2) is 0 Å². The van der Waals surface area contributed by atoms with E-state index in [1.807, 2.05) is 6.92 Å². The van der Waals surface area contributed by atoms with Crippen molar-refractivity contribution in [1.82, 2.24) is 5.32 Å². The summed E-state index contributed by atoms with van der Waals surface area (Å²) < 4.78 is 16.1. The minimum absolute atomic E-state index is 0. The summed E-state index contributed by atoms with van der Waals surface area (Å²) in [4.78, 5) is 12.0. The zero-order chi connectivity index (χ0) is 14.4. The Bertz CT molecular complexity index is 464. The van der Waals surface area contributed by atoms with Crippen LogP contribution in [0.5, 0.6) is 11.5 Å². The average Bonchev–Trinajstić information content (AvgIpc) is 2.50. The molecule has 1 heterocycles. The molecule has 0 bridgehead atoms. The summed E-state index contributed by atoms with van der Waals surface area (Å²) >= 11 is 0. The van der Waals surface area contributed by atoms with E-state index in [0.717, 1.165) is 6.54 Å². The Kier molecular flexibility index (Phi) is 7.28. The molecular weight excluding hydrogens is 296 g/mol. The molecule has 2 N–H and O–H groups in total. The monoisotopic (exact) mass is 316 g/mol. The van der Waals surface area contributed by atoms with Crippen molar-refractivity contribution in [1.29, 1.82) is 0 Å². The Labute approximate surface area is 130 Å². The van der Waals surface area contributed by atoms with Crippen LogP contribution < -0.4 is 20.1 Å². The molecule has 1 aromatic rings. The van der Waals surface area contributed by atoms with Crippen molar-refractivity contribution in [2.45, 2.75) is 13.0 Å². The molecule has 1 unspecified atom stereocenters. The molecule has 1 atom stereocenters. The number of morpholine rings is 1. The molecule has 0 aromatic heterocycles. The Morgan fingerprint density at radius 2 is 2.29 bits per heavy atom. The molecule has 0 saturated carbocycles. The summed E-state index contributed by atoms with van der Waals surface area (Å²) in [7, 11) is 1.57. The summed E-state index contributed by atoms with van der Waals surface area (Å²) in [6, 6.07) is 5.29. The first-order valence-electron chi connectivity index (χ1n) is 6.68. The third-order valence-electron chi connectivity index (χ3n) is 2.95. The van der Waals surface area contributed by atoms with Crippen molar-refractivity contribution in [2.24, 2.45) is 0 Å². The molecule has 1 saturated heterocycles. The SMILES string of the molecule is CCOc1ccc(NC(=O)C2CNCCO2)cc1OC.Cl. The van der Waals surface area contributed by atoms with E-state index >= 15 is 0 Å². The lowest BCUT2D eigenvalue weighted by molar-refractivity contribution is -0.128. The van der Waals surface area contributed by atoms with Crippen molar-refractivity contribution in [2.75, 3.05) is 38.7 Å². The first-order chi connectivity index (χ1) is 9.74. The van der Waals surface area contributed by atoms with Crippen LogP contribution in [0.3, 0.4) is 0 Å². The summed E-state index contributed by atoms with van der Waals surface area (Å²) in [5.74, 6) is 1.08. The summed E-state index contributed by atoms with van der Waals surface area (Å²) in [6.45, 7) is 4.32. The van der Waals surface area contributed by atoms with Gasteiger partial charge in [-0.2, -0.15) is 0 Å². The van der Waals surface area contributed by atoms with Crippen molar-refractivity contribution in [3.63, 3.8) is 0 Å². The zero-order valence-corrected chi connectivity index (χ0v) is 13.0. The van der Waals surface area contributed by atoms with Crippen molar-refractivity contribution in [3.8, 4) is 11.5 Å². The van der Waals surface area contributed by atoms with E-state index in [1.165, 1.54) is 0 Å². The van der Waals surface area contributed by atoms with Crippen LogP contribution in [0.25, 0.3) is 0 Å². The topological polar surface area (TPSA) is 68.8 Å². The lowest BCUT2D eigenvalue weighted by atomic mass is 10.2. The van der Waals surface area contributed by atoms with E-state index < -0.39 is 6.10 Å². The number of benzene rings is 1. The van der Waals surface area contributed by atoms with Crippen molar-refractivity contribution >= 4 is 24.0 Å². The fourth-order valence-corrected chi connectivity index (χ4v) is 1.98. The largest absolute Gasteiger partial charge is 0.493 e. The highest BCUT2D eigenvalue weighted by Crippen LogP contribution is 2.30. The Morgan fingerprint density at radius 3 is 2.90 bits per heavy atom. The quantitative estimate of drug-likeness (QED) is 0.860. The van der Waals surface area contributed by atoms with Gasteiger partial charge in [-0.3, -0.25) is 4.79 Å². The molecule has 118 valence electrons. The lowest BCUT2D eigenvalue weighted by Gasteiger charge is -2.22. The predicted molar refractivity (Wildman–Crippen MR) is 82.7 cm³/mol. The van der Waals surface area contributed by atoms with E-state index in [9.17, 15) is 4.79 Å². The number of rotatable bonds is 5. The number of halogens is 1. The number of hydrogen-bond donors (Lipinski definition) is 2. The zero-order valence-electron chi connectivity index (χ0n) is 12.2. The number of anilines is 1. The maximum Gasteiger partial charge on any atom is 0.254 e. The van der Waals surface area contributed by atoms with Crippen LogP contribution in [-0.4, -0.2) is 45.4 Å². The second kappa shape index (κ2) is 8.71. The van der Waals surface area contributed by atoms with Crippen LogP contribution in [0, 0.1) is 0 Å². The summed E-state index contributed by atoms with van der Waals surface area (Å²) in [5.41, 5.74) is 0.657. The highest BCUT2D eigenvalue weighted by atomic mass is 35.5. The number of methoxy groups -OCH3 is 1. The van der Waals surface area contributed by atoms with Gasteiger partial charge in [0.05, 0.1) is 20.3 Å². The lowest BCUT2D eigenvalue weighted by Crippen LogP contribution is -2.45. The van der Waals surface area contributed by atoms with Crippen LogP contribution in [0.2, 0.25) is 0 Å². The van der Waals surface area contributed by atoms with Gasteiger partial charge >= 0.3 is 0 Å². The summed E-state index contributed by atoms with van der Waals surface area (Å²) in [5, 5.41) is 5.94. The van der Waals surface area contributed by atoms with Gasteiger partial charge in [-0.15, -0.1) is 12.4 Å². The van der Waals surface area contributed by atoms with Gasteiger partial charge < -0.3 is 24.8 Å². The Balaban J connectivity index is 0.00000220. The van der Waals surface area contributed by atoms with Gasteiger partial charge in [0.25, 0.3) is 5.91 Å². The number of ether oxygens (including phenoxy) is 3. The standard InChI is InChI=1S/C14H20N2O4.ClH/c1-3-19-11-5-4-10(8-12(11)18-2)16-14(17)13-9-15-6-7-20-13;/h4-5,8,13,15H,3,6-7,9H2,1-2H3,(H,16,17);1H. The molecule has 7 heteroatoms. The minimum Gasteiger partial charge on any atom is -0.493 e. The fourth-order valence-electron chi connectivity index (χ4n) is 1.98. The minimum atomic E-state index is -0.457. The number of amides is 1. The highest BCUT2D eigenvalue weighted by Gasteiger charge is 2.22. The number of nitrogens with one attached hydrogen (secondary N) is 2. The molecule has 21 heavy (non-hydrogen) atoms. The van der Waals surface area contributed by atoms with Crippen LogP contribution in [0.15, 0.2) is 18.2 Å². The fraction of sp³-hybridized carbons (Fsp3) is 0.500. The number of hydrogen-bond acceptors (Lipinski definition) is 5. The van der Waals surface area contributed by atoms with Gasteiger partial charge in [-0.05, 0) is 19.1 Å². The van der Waals surface area contributed by atoms with Gasteiger partial charge in [0, 0.05) is 24.8 Å². The maximum absolute atomic E-state index is 12.0. The van der Waals surface area contributed by atoms with E-state index in [0.29, 0.717) is 36.9 Å². The molecule has 1 aliphatic heterocycles. The van der Waals surface area contributed by atoms with Gasteiger partial charge in [0.1, 0.15) is 6.10 Å². The number of carbonyl (C=O) groups excluding carboxylic acids is 1. The number of carbonyl (C=O) groups is 1. The van der Waals surface area contributed by atoms with Crippen LogP contribution in [0.4, 0.5) is 5.69 Å². The highest BCUT2D eigenvalue weighted by molar-refractivity contribution is 5.94. The normalized spacial score (nSPS) is 17.5.